The van der Waals surface area contributed by atoms with Gasteiger partial charge in [-0.3, -0.25) is 0 Å². The third kappa shape index (κ3) is 7.11. The zero-order chi connectivity index (χ0) is 57.6. The summed E-state index contributed by atoms with van der Waals surface area (Å²) in [6, 6.07) is 104. The van der Waals surface area contributed by atoms with Crippen molar-refractivity contribution in [1.82, 2.24) is 0 Å². The van der Waals surface area contributed by atoms with E-state index in [1.807, 2.05) is 24.3 Å². The van der Waals surface area contributed by atoms with Gasteiger partial charge in [0.25, 0.3) is 0 Å². The van der Waals surface area contributed by atoms with E-state index in [2.05, 4.69) is 277 Å². The summed E-state index contributed by atoms with van der Waals surface area (Å²) >= 11 is 0. The quantitative estimate of drug-likeness (QED) is 0.141. The highest BCUT2D eigenvalue weighted by Gasteiger charge is 2.29. The third-order valence-electron chi connectivity index (χ3n) is 18.2. The summed E-state index contributed by atoms with van der Waals surface area (Å²) in [7, 11) is 0. The predicted octanol–water partition coefficient (Wildman–Crippen LogP) is 24.2. The zero-order valence-electron chi connectivity index (χ0n) is 47.2. The molecule has 15 aromatic carbocycles. The van der Waals surface area contributed by atoms with Crippen LogP contribution < -0.4 is 9.80 Å². The number of hydrogen-bond acceptors (Lipinski definition) is 6. The first-order valence-corrected chi connectivity index (χ1v) is 29.9. The van der Waals surface area contributed by atoms with Gasteiger partial charge in [0.05, 0.1) is 22.7 Å². The molecule has 410 valence electrons. The van der Waals surface area contributed by atoms with E-state index in [1.165, 1.54) is 0 Å². The highest BCUT2D eigenvalue weighted by Crippen LogP contribution is 2.54. The summed E-state index contributed by atoms with van der Waals surface area (Å²) < 4.78 is 27.9. The topological polar surface area (TPSA) is 59.0 Å². The maximum absolute atomic E-state index is 6.97. The lowest BCUT2D eigenvalue weighted by atomic mass is 9.83. The fraction of sp³-hybridized carbons (Fsp3) is 0. The number of fused-ring (bicyclic) bond motifs is 16. The van der Waals surface area contributed by atoms with Crippen LogP contribution in [0.25, 0.3) is 153 Å². The van der Waals surface area contributed by atoms with Crippen LogP contribution in [0.2, 0.25) is 0 Å². The highest BCUT2D eigenvalue weighted by atomic mass is 16.3. The van der Waals surface area contributed by atoms with Gasteiger partial charge in [0.1, 0.15) is 22.3 Å². The second-order valence-electron chi connectivity index (χ2n) is 22.9. The van der Waals surface area contributed by atoms with E-state index in [0.717, 1.165) is 187 Å². The van der Waals surface area contributed by atoms with Crippen LogP contribution in [-0.4, -0.2) is 0 Å². The third-order valence-corrected chi connectivity index (χ3v) is 18.2. The predicted molar refractivity (Wildman–Crippen MR) is 366 cm³/mol. The van der Waals surface area contributed by atoms with Crippen molar-refractivity contribution >= 4 is 165 Å². The number of nitrogens with zero attached hydrogens (tertiary/aromatic N) is 2. The van der Waals surface area contributed by atoms with Crippen LogP contribution in [0, 0.1) is 0 Å². The number of furan rings is 4. The Bertz CT molecular complexity index is 5500. The van der Waals surface area contributed by atoms with Crippen LogP contribution in [0.3, 0.4) is 0 Å². The number of hydrogen-bond donors (Lipinski definition) is 0. The molecule has 19 rings (SSSR count). The lowest BCUT2D eigenvalue weighted by Crippen LogP contribution is -2.11. The number of para-hydroxylation sites is 8. The van der Waals surface area contributed by atoms with E-state index in [-0.39, 0.29) is 0 Å². The molecule has 0 unspecified atom stereocenters. The van der Waals surface area contributed by atoms with Gasteiger partial charge in [0, 0.05) is 54.5 Å². The Morgan fingerprint density at radius 3 is 0.807 bits per heavy atom. The van der Waals surface area contributed by atoms with Crippen molar-refractivity contribution in [3.63, 3.8) is 0 Å². The molecule has 19 aromatic rings. The molecule has 0 amide bonds. The second kappa shape index (κ2) is 18.8. The second-order valence-corrected chi connectivity index (χ2v) is 22.9. The lowest BCUT2D eigenvalue weighted by Gasteiger charge is -2.28. The average molecular weight is 1130 g/mol. The maximum Gasteiger partial charge on any atom is 0.159 e. The van der Waals surface area contributed by atoms with Gasteiger partial charge in [-0.25, -0.2) is 0 Å². The normalized spacial score (nSPS) is 12.1. The van der Waals surface area contributed by atoms with E-state index in [9.17, 15) is 0 Å². The Morgan fingerprint density at radius 1 is 0.193 bits per heavy atom. The van der Waals surface area contributed by atoms with Gasteiger partial charge in [-0.2, -0.15) is 0 Å². The first-order valence-electron chi connectivity index (χ1n) is 29.9. The zero-order valence-corrected chi connectivity index (χ0v) is 47.2. The summed E-state index contributed by atoms with van der Waals surface area (Å²) in [5, 5.41) is 17.4. The first kappa shape index (κ1) is 48.5. The van der Waals surface area contributed by atoms with Crippen molar-refractivity contribution in [1.29, 1.82) is 0 Å². The van der Waals surface area contributed by atoms with Gasteiger partial charge < -0.3 is 27.5 Å². The summed E-state index contributed by atoms with van der Waals surface area (Å²) in [6.07, 6.45) is 0. The van der Waals surface area contributed by atoms with E-state index < -0.39 is 0 Å². The standard InChI is InChI=1S/C82H48N2O4/c1-3-23-53-49(19-1)21-13-29-59(53)77-61-45-43-52(84(71-37-17-33-65-57-27-7-11-41-75(57)87-81(65)71)72-38-18-34-66-58-28-8-12-42-76(58)88-82(66)72)48-68(61)78(60-30-14-22-50-20-2-4-24-54(50)60)62-46-44-51(47-67(62)77)83(69-35-15-31-63-55-25-5-9-39-73(55)85-79(63)69)70-36-16-32-64-56-26-6-10-40-74(56)86-80(64)70/h1-48H. The molecule has 6 nitrogen and oxygen atoms in total. The van der Waals surface area contributed by atoms with Crippen molar-refractivity contribution in [2.45, 2.75) is 0 Å². The molecule has 0 atom stereocenters. The van der Waals surface area contributed by atoms with E-state index in [1.54, 1.807) is 0 Å². The van der Waals surface area contributed by atoms with Gasteiger partial charge in [-0.15, -0.1) is 0 Å². The van der Waals surface area contributed by atoms with Crippen molar-refractivity contribution in [3.05, 3.63) is 291 Å². The Morgan fingerprint density at radius 2 is 0.466 bits per heavy atom. The molecule has 0 spiro atoms. The molecule has 0 saturated heterocycles. The molecule has 0 bridgehead atoms. The molecule has 88 heavy (non-hydrogen) atoms. The molecular weight excluding hydrogens is 1080 g/mol. The van der Waals surface area contributed by atoms with Crippen LogP contribution in [-0.2, 0) is 0 Å². The minimum atomic E-state index is 0.787. The summed E-state index contributed by atoms with van der Waals surface area (Å²) in [5.74, 6) is 0. The van der Waals surface area contributed by atoms with Crippen molar-refractivity contribution in [2.24, 2.45) is 0 Å². The molecule has 6 heteroatoms. The van der Waals surface area contributed by atoms with Crippen LogP contribution in [0.15, 0.2) is 309 Å². The van der Waals surface area contributed by atoms with Crippen molar-refractivity contribution < 1.29 is 17.7 Å². The summed E-state index contributed by atoms with van der Waals surface area (Å²) in [6.45, 7) is 0. The van der Waals surface area contributed by atoms with Gasteiger partial charge in [0.15, 0.2) is 22.3 Å². The number of rotatable bonds is 8. The van der Waals surface area contributed by atoms with Crippen LogP contribution >= 0.6 is 0 Å². The minimum Gasteiger partial charge on any atom is -0.454 e. The first-order chi connectivity index (χ1) is 43.7. The number of benzene rings is 15. The summed E-state index contributed by atoms with van der Waals surface area (Å²) in [5.41, 5.74) is 16.4. The summed E-state index contributed by atoms with van der Waals surface area (Å²) in [4.78, 5) is 4.70. The van der Waals surface area contributed by atoms with E-state index in [0.29, 0.717) is 0 Å². The lowest BCUT2D eigenvalue weighted by molar-refractivity contribution is 0.665. The monoisotopic (exact) mass is 1120 g/mol. The Hall–Kier alpha value is -11.9. The molecule has 0 saturated carbocycles. The van der Waals surface area contributed by atoms with Crippen molar-refractivity contribution in [3.8, 4) is 22.3 Å². The van der Waals surface area contributed by atoms with Crippen LogP contribution in [0.1, 0.15) is 0 Å². The maximum atomic E-state index is 6.97. The van der Waals surface area contributed by atoms with Crippen LogP contribution in [0.4, 0.5) is 34.1 Å². The van der Waals surface area contributed by atoms with Gasteiger partial charge in [-0.05, 0) is 138 Å². The molecule has 4 aromatic heterocycles. The SMILES string of the molecule is c1ccc2c(-c3c4ccc(N(c5cccc6c5oc5ccccc56)c5cccc6c5oc5ccccc56)cc4c(-c4cccc5ccccc45)c4ccc(N(c5cccc6c5oc5ccccc56)c5cccc6c5oc5ccccc56)cc34)cccc2c1. The van der Waals surface area contributed by atoms with Crippen molar-refractivity contribution in [2.75, 3.05) is 9.80 Å². The number of anilines is 6. The van der Waals surface area contributed by atoms with E-state index in [4.69, 9.17) is 17.7 Å². The molecule has 0 fully saturated rings. The molecule has 0 N–H and O–H groups in total. The molecule has 4 heterocycles. The molecular formula is C82H48N2O4. The van der Waals surface area contributed by atoms with Gasteiger partial charge in [0.2, 0.25) is 0 Å². The van der Waals surface area contributed by atoms with Gasteiger partial charge in [-0.1, -0.05) is 218 Å². The molecule has 0 aliphatic carbocycles. The minimum absolute atomic E-state index is 0.787. The molecule has 0 aliphatic rings. The smallest absolute Gasteiger partial charge is 0.159 e. The highest BCUT2D eigenvalue weighted by molar-refractivity contribution is 6.27. The Kier molecular flexibility index (Phi) is 10.4. The Labute approximate surface area is 503 Å². The Balaban J connectivity index is 0.958. The fourth-order valence-electron chi connectivity index (χ4n) is 14.4. The molecule has 0 radical (unpaired) electrons. The van der Waals surface area contributed by atoms with E-state index >= 15 is 0 Å². The van der Waals surface area contributed by atoms with Gasteiger partial charge >= 0.3 is 0 Å². The average Bonchev–Trinajstić information content (AvgIpc) is 1.03. The molecule has 0 aliphatic heterocycles. The van der Waals surface area contributed by atoms with Crippen LogP contribution in [0.5, 0.6) is 0 Å². The largest absolute Gasteiger partial charge is 0.454 e. The fourth-order valence-corrected chi connectivity index (χ4v) is 14.4.